The second-order valence-corrected chi connectivity index (χ2v) is 4.70. The Bertz CT molecular complexity index is 398. The minimum atomic E-state index is -0.352. The van der Waals surface area contributed by atoms with Gasteiger partial charge in [0.2, 0.25) is 0 Å². The molecule has 1 aromatic rings. The van der Waals surface area contributed by atoms with E-state index in [0.717, 1.165) is 4.47 Å². The van der Waals surface area contributed by atoms with Crippen molar-refractivity contribution < 1.29 is 14.3 Å². The molecule has 0 spiro atoms. The average Bonchev–Trinajstić information content (AvgIpc) is 2.29. The molecule has 0 N–H and O–H groups in total. The smallest absolute Gasteiger partial charge is 0.306 e. The first-order valence-electron chi connectivity index (χ1n) is 5.50. The molecule has 0 heterocycles. The van der Waals surface area contributed by atoms with Crippen LogP contribution in [0.4, 0.5) is 0 Å². The Morgan fingerprint density at radius 3 is 2.41 bits per heavy atom. The molecule has 3 nitrogen and oxygen atoms in total. The fourth-order valence-corrected chi connectivity index (χ4v) is 1.73. The van der Waals surface area contributed by atoms with Crippen molar-refractivity contribution in [1.29, 1.82) is 0 Å². The predicted octanol–water partition coefficient (Wildman–Crippen LogP) is 3.22. The number of benzene rings is 1. The summed E-state index contributed by atoms with van der Waals surface area (Å²) in [4.78, 5) is 23.2. The fourth-order valence-electron chi connectivity index (χ4n) is 1.46. The first-order valence-corrected chi connectivity index (χ1v) is 6.29. The van der Waals surface area contributed by atoms with Crippen LogP contribution in [-0.4, -0.2) is 18.4 Å². The molecule has 0 aliphatic carbocycles. The lowest BCUT2D eigenvalue weighted by molar-refractivity contribution is -0.143. The normalized spacial score (nSPS) is 11.9. The molecule has 0 aromatic heterocycles. The zero-order valence-corrected chi connectivity index (χ0v) is 11.5. The number of ketones is 1. The van der Waals surface area contributed by atoms with Gasteiger partial charge in [-0.15, -0.1) is 0 Å². The van der Waals surface area contributed by atoms with Crippen molar-refractivity contribution in [3.63, 3.8) is 0 Å². The summed E-state index contributed by atoms with van der Waals surface area (Å²) in [5, 5.41) is 0. The molecule has 0 fully saturated rings. The predicted molar refractivity (Wildman–Crippen MR) is 68.9 cm³/mol. The van der Waals surface area contributed by atoms with Crippen molar-refractivity contribution >= 4 is 27.7 Å². The van der Waals surface area contributed by atoms with Crippen molar-refractivity contribution in [3.05, 3.63) is 34.3 Å². The maximum atomic E-state index is 12.0. The molecule has 1 rings (SSSR count). The van der Waals surface area contributed by atoms with E-state index in [4.69, 9.17) is 4.74 Å². The highest BCUT2D eigenvalue weighted by Gasteiger charge is 2.19. The van der Waals surface area contributed by atoms with Gasteiger partial charge >= 0.3 is 5.97 Å². The summed E-state index contributed by atoms with van der Waals surface area (Å²) in [6.07, 6.45) is 0.128. The summed E-state index contributed by atoms with van der Waals surface area (Å²) < 4.78 is 5.74. The molecule has 1 aromatic carbocycles. The van der Waals surface area contributed by atoms with Crippen molar-refractivity contribution in [2.75, 3.05) is 6.61 Å². The summed E-state index contributed by atoms with van der Waals surface area (Å²) in [7, 11) is 0. The summed E-state index contributed by atoms with van der Waals surface area (Å²) in [6, 6.07) is 7.11. The number of carbonyl (C=O) groups is 2. The van der Waals surface area contributed by atoms with Crippen LogP contribution < -0.4 is 0 Å². The second-order valence-electron chi connectivity index (χ2n) is 3.78. The Hall–Kier alpha value is -1.16. The molecule has 17 heavy (non-hydrogen) atoms. The Kier molecular flexibility index (Phi) is 5.35. The molecule has 0 saturated heterocycles. The lowest BCUT2D eigenvalue weighted by Crippen LogP contribution is -2.17. The van der Waals surface area contributed by atoms with Crippen LogP contribution in [0, 0.1) is 5.92 Å². The van der Waals surface area contributed by atoms with Crippen LogP contribution in [-0.2, 0) is 9.53 Å². The third kappa shape index (κ3) is 4.30. The van der Waals surface area contributed by atoms with E-state index in [2.05, 4.69) is 15.9 Å². The molecular formula is C13H15BrO3. The Labute approximate surface area is 109 Å². The van der Waals surface area contributed by atoms with Gasteiger partial charge in [-0.3, -0.25) is 9.59 Å². The van der Waals surface area contributed by atoms with E-state index in [1.807, 2.05) is 12.1 Å². The number of carbonyl (C=O) groups excluding carboxylic acids is 2. The van der Waals surface area contributed by atoms with Gasteiger partial charge in [-0.1, -0.05) is 35.0 Å². The molecule has 0 radical (unpaired) electrons. The summed E-state index contributed by atoms with van der Waals surface area (Å²) in [5.74, 6) is -0.716. The number of hydrogen-bond donors (Lipinski definition) is 0. The van der Waals surface area contributed by atoms with Gasteiger partial charge in [0.15, 0.2) is 5.78 Å². The molecule has 4 heteroatoms. The van der Waals surface area contributed by atoms with Crippen LogP contribution in [0.25, 0.3) is 0 Å². The fraction of sp³-hybridized carbons (Fsp3) is 0.385. The number of rotatable bonds is 5. The molecule has 0 aliphatic heterocycles. The monoisotopic (exact) mass is 298 g/mol. The van der Waals surface area contributed by atoms with Gasteiger partial charge < -0.3 is 4.74 Å². The molecule has 1 atom stereocenters. The van der Waals surface area contributed by atoms with Crippen molar-refractivity contribution in [2.45, 2.75) is 20.3 Å². The highest BCUT2D eigenvalue weighted by molar-refractivity contribution is 9.10. The molecule has 92 valence electrons. The summed E-state index contributed by atoms with van der Waals surface area (Å²) in [6.45, 7) is 3.83. The van der Waals surface area contributed by atoms with Crippen LogP contribution in [0.5, 0.6) is 0 Å². The molecule has 0 bridgehead atoms. The maximum absolute atomic E-state index is 12.0. The number of Topliss-reactive ketones (excluding diaryl/α,β-unsaturated/α-hetero) is 1. The molecule has 0 saturated carbocycles. The van der Waals surface area contributed by atoms with E-state index < -0.39 is 0 Å². The van der Waals surface area contributed by atoms with Gasteiger partial charge in [0, 0.05) is 16.0 Å². The largest absolute Gasteiger partial charge is 0.466 e. The van der Waals surface area contributed by atoms with Crippen molar-refractivity contribution in [2.24, 2.45) is 5.92 Å². The maximum Gasteiger partial charge on any atom is 0.306 e. The van der Waals surface area contributed by atoms with Gasteiger partial charge in [-0.2, -0.15) is 0 Å². The Morgan fingerprint density at radius 1 is 1.29 bits per heavy atom. The zero-order valence-electron chi connectivity index (χ0n) is 9.90. The van der Waals surface area contributed by atoms with E-state index in [1.165, 1.54) is 0 Å². The number of hydrogen-bond acceptors (Lipinski definition) is 3. The van der Waals surface area contributed by atoms with E-state index in [-0.39, 0.29) is 24.1 Å². The summed E-state index contributed by atoms with van der Waals surface area (Å²) in [5.41, 5.74) is 0.616. The third-order valence-corrected chi connectivity index (χ3v) is 2.88. The average molecular weight is 299 g/mol. The molecule has 1 unspecified atom stereocenters. The SMILES string of the molecule is CCOC(=O)CC(C)C(=O)c1ccc(Br)cc1. The van der Waals surface area contributed by atoms with E-state index in [9.17, 15) is 9.59 Å². The third-order valence-electron chi connectivity index (χ3n) is 2.35. The quantitative estimate of drug-likeness (QED) is 0.619. The Balaban J connectivity index is 2.63. The van der Waals surface area contributed by atoms with Gasteiger partial charge in [-0.25, -0.2) is 0 Å². The van der Waals surface area contributed by atoms with E-state index in [1.54, 1.807) is 26.0 Å². The number of halogens is 1. The van der Waals surface area contributed by atoms with E-state index >= 15 is 0 Å². The van der Waals surface area contributed by atoms with E-state index in [0.29, 0.717) is 12.2 Å². The minimum Gasteiger partial charge on any atom is -0.466 e. The first kappa shape index (κ1) is 13.9. The second kappa shape index (κ2) is 6.55. The molecule has 0 amide bonds. The van der Waals surface area contributed by atoms with Crippen LogP contribution in [0.1, 0.15) is 30.6 Å². The van der Waals surface area contributed by atoms with Gasteiger partial charge in [0.1, 0.15) is 0 Å². The highest BCUT2D eigenvalue weighted by atomic mass is 79.9. The van der Waals surface area contributed by atoms with Crippen LogP contribution >= 0.6 is 15.9 Å². The first-order chi connectivity index (χ1) is 8.04. The van der Waals surface area contributed by atoms with Gasteiger partial charge in [0.05, 0.1) is 13.0 Å². The Morgan fingerprint density at radius 2 is 1.88 bits per heavy atom. The van der Waals surface area contributed by atoms with Gasteiger partial charge in [0.25, 0.3) is 0 Å². The number of esters is 1. The van der Waals surface area contributed by atoms with Crippen molar-refractivity contribution in [3.8, 4) is 0 Å². The van der Waals surface area contributed by atoms with Gasteiger partial charge in [-0.05, 0) is 19.1 Å². The van der Waals surface area contributed by atoms with Crippen LogP contribution in [0.3, 0.4) is 0 Å². The lowest BCUT2D eigenvalue weighted by atomic mass is 9.96. The molecular weight excluding hydrogens is 284 g/mol. The van der Waals surface area contributed by atoms with Crippen LogP contribution in [0.2, 0.25) is 0 Å². The van der Waals surface area contributed by atoms with Crippen molar-refractivity contribution in [1.82, 2.24) is 0 Å². The minimum absolute atomic E-state index is 0.0365. The summed E-state index contributed by atoms with van der Waals surface area (Å²) >= 11 is 3.31. The lowest BCUT2D eigenvalue weighted by Gasteiger charge is -2.09. The standard InChI is InChI=1S/C13H15BrO3/c1-3-17-12(15)8-9(2)13(16)10-4-6-11(14)7-5-10/h4-7,9H,3,8H2,1-2H3. The molecule has 0 aliphatic rings. The number of ether oxygens (including phenoxy) is 1. The zero-order chi connectivity index (χ0) is 12.8. The van der Waals surface area contributed by atoms with Crippen LogP contribution in [0.15, 0.2) is 28.7 Å². The highest BCUT2D eigenvalue weighted by Crippen LogP contribution is 2.16. The topological polar surface area (TPSA) is 43.4 Å².